The number of hydrogen-bond acceptors (Lipinski definition) is 1. The minimum atomic E-state index is -3.62. The van der Waals surface area contributed by atoms with E-state index in [4.69, 9.17) is 0 Å². The van der Waals surface area contributed by atoms with Crippen molar-refractivity contribution in [1.82, 2.24) is 0 Å². The van der Waals surface area contributed by atoms with Crippen LogP contribution in [0.15, 0.2) is 28.7 Å². The summed E-state index contributed by atoms with van der Waals surface area (Å²) in [7, 11) is 0. The van der Waals surface area contributed by atoms with Crippen LogP contribution in [0, 0.1) is 0 Å². The molecule has 13 heavy (non-hydrogen) atoms. The van der Waals surface area contributed by atoms with Crippen molar-refractivity contribution in [3.8, 4) is 0 Å². The van der Waals surface area contributed by atoms with Crippen LogP contribution < -0.4 is 5.73 Å². The lowest BCUT2D eigenvalue weighted by molar-refractivity contribution is -0.143. The van der Waals surface area contributed by atoms with Gasteiger partial charge in [0.05, 0.1) is 0 Å². The van der Waals surface area contributed by atoms with E-state index in [2.05, 4.69) is 21.7 Å². The Morgan fingerprint density at radius 2 is 1.92 bits per heavy atom. The second-order valence-electron chi connectivity index (χ2n) is 2.42. The first-order valence-corrected chi connectivity index (χ1v) is 4.18. The van der Waals surface area contributed by atoms with Crippen molar-refractivity contribution in [2.45, 2.75) is 5.92 Å². The fraction of sp³-hybridized carbons (Fsp3) is 0.125. The molecule has 0 heterocycles. The average Bonchev–Trinajstić information content (AvgIpc) is 2.04. The number of alkyl halides is 2. The van der Waals surface area contributed by atoms with E-state index >= 15 is 0 Å². The fourth-order valence-corrected chi connectivity index (χ4v) is 1.38. The van der Waals surface area contributed by atoms with Gasteiger partial charge in [-0.25, -0.2) is 0 Å². The van der Waals surface area contributed by atoms with Crippen molar-refractivity contribution in [3.63, 3.8) is 0 Å². The van der Waals surface area contributed by atoms with Gasteiger partial charge in [-0.15, -0.1) is 0 Å². The molecule has 1 aromatic carbocycles. The molecule has 0 saturated heterocycles. The summed E-state index contributed by atoms with van der Waals surface area (Å²) in [5.74, 6) is -5.28. The van der Waals surface area contributed by atoms with Gasteiger partial charge in [-0.05, 0) is 6.07 Å². The Morgan fingerprint density at radius 1 is 1.38 bits per heavy atom. The number of halogens is 3. The lowest BCUT2D eigenvalue weighted by Gasteiger charge is -2.13. The molecule has 0 saturated carbocycles. The lowest BCUT2D eigenvalue weighted by Crippen LogP contribution is -2.33. The number of benzene rings is 1. The zero-order valence-corrected chi connectivity index (χ0v) is 8.01. The van der Waals surface area contributed by atoms with E-state index in [0.29, 0.717) is 0 Å². The number of carbonyl (C=O) groups excluding carboxylic acids is 1. The molecule has 0 aliphatic heterocycles. The van der Waals surface area contributed by atoms with Gasteiger partial charge in [-0.1, -0.05) is 34.1 Å². The Bertz CT molecular complexity index is 341. The highest BCUT2D eigenvalue weighted by atomic mass is 79.9. The molecule has 0 aliphatic rings. The van der Waals surface area contributed by atoms with Gasteiger partial charge in [-0.2, -0.15) is 8.78 Å². The molecule has 0 radical (unpaired) electrons. The van der Waals surface area contributed by atoms with E-state index < -0.39 is 17.4 Å². The van der Waals surface area contributed by atoms with E-state index in [1.807, 2.05) is 0 Å². The number of rotatable bonds is 2. The molecule has 1 aromatic rings. The quantitative estimate of drug-likeness (QED) is 0.857. The summed E-state index contributed by atoms with van der Waals surface area (Å²) in [6.45, 7) is 0. The topological polar surface area (TPSA) is 43.1 Å². The zero-order valence-electron chi connectivity index (χ0n) is 6.43. The van der Waals surface area contributed by atoms with Gasteiger partial charge in [0.2, 0.25) is 0 Å². The maximum absolute atomic E-state index is 13.0. The van der Waals surface area contributed by atoms with Crippen LogP contribution in [0.25, 0.3) is 0 Å². The number of amides is 1. The Balaban J connectivity index is 3.22. The van der Waals surface area contributed by atoms with Crippen LogP contribution in [-0.4, -0.2) is 5.91 Å². The minimum absolute atomic E-state index is 0.166. The highest BCUT2D eigenvalue weighted by molar-refractivity contribution is 9.10. The van der Waals surface area contributed by atoms with E-state index in [0.717, 1.165) is 6.07 Å². The molecule has 0 unspecified atom stereocenters. The van der Waals surface area contributed by atoms with Crippen LogP contribution in [0.4, 0.5) is 8.78 Å². The van der Waals surface area contributed by atoms with Gasteiger partial charge in [0.15, 0.2) is 0 Å². The molecule has 0 fully saturated rings. The molecule has 0 aromatic heterocycles. The molecule has 0 bridgehead atoms. The normalized spacial score (nSPS) is 11.3. The second-order valence-corrected chi connectivity index (χ2v) is 3.27. The summed E-state index contributed by atoms with van der Waals surface area (Å²) in [6, 6.07) is 5.56. The SMILES string of the molecule is NC(=O)C(F)(F)c1ccccc1Br. The first kappa shape index (κ1) is 10.1. The molecule has 1 rings (SSSR count). The van der Waals surface area contributed by atoms with Crippen LogP contribution in [0.2, 0.25) is 0 Å². The number of nitrogens with two attached hydrogens (primary N) is 1. The van der Waals surface area contributed by atoms with Gasteiger partial charge in [0.25, 0.3) is 5.91 Å². The molecule has 0 atom stereocenters. The Morgan fingerprint density at radius 3 is 2.38 bits per heavy atom. The molecule has 0 aliphatic carbocycles. The van der Waals surface area contributed by atoms with Gasteiger partial charge in [0, 0.05) is 10.0 Å². The van der Waals surface area contributed by atoms with Crippen molar-refractivity contribution in [1.29, 1.82) is 0 Å². The Labute approximate surface area is 81.9 Å². The zero-order chi connectivity index (χ0) is 10.1. The predicted octanol–water partition coefficient (Wildman–Crippen LogP) is 2.03. The Kier molecular flexibility index (Phi) is 2.66. The van der Waals surface area contributed by atoms with E-state index in [-0.39, 0.29) is 4.47 Å². The highest BCUT2D eigenvalue weighted by Crippen LogP contribution is 2.32. The van der Waals surface area contributed by atoms with Crippen molar-refractivity contribution >= 4 is 21.8 Å². The highest BCUT2D eigenvalue weighted by Gasteiger charge is 2.40. The maximum atomic E-state index is 13.0. The van der Waals surface area contributed by atoms with Crippen molar-refractivity contribution < 1.29 is 13.6 Å². The average molecular weight is 250 g/mol. The van der Waals surface area contributed by atoms with Gasteiger partial charge < -0.3 is 5.73 Å². The maximum Gasteiger partial charge on any atom is 0.350 e. The monoisotopic (exact) mass is 249 g/mol. The molecule has 2 nitrogen and oxygen atoms in total. The third-order valence-corrected chi connectivity index (χ3v) is 2.21. The van der Waals surface area contributed by atoms with E-state index in [1.165, 1.54) is 12.1 Å². The summed E-state index contributed by atoms with van der Waals surface area (Å²) in [6.07, 6.45) is 0. The number of carbonyl (C=O) groups is 1. The largest absolute Gasteiger partial charge is 0.364 e. The second kappa shape index (κ2) is 3.41. The molecule has 70 valence electrons. The van der Waals surface area contributed by atoms with Crippen LogP contribution in [0.3, 0.4) is 0 Å². The van der Waals surface area contributed by atoms with Gasteiger partial charge >= 0.3 is 5.92 Å². The van der Waals surface area contributed by atoms with Crippen LogP contribution in [-0.2, 0) is 10.7 Å². The van der Waals surface area contributed by atoms with Crippen LogP contribution in [0.1, 0.15) is 5.56 Å². The molecular formula is C8H6BrF2NO. The van der Waals surface area contributed by atoms with E-state index in [1.54, 1.807) is 6.07 Å². The smallest absolute Gasteiger partial charge is 0.350 e. The first-order chi connectivity index (χ1) is 5.96. The standard InChI is InChI=1S/C8H6BrF2NO/c9-6-4-2-1-3-5(6)8(10,11)7(12)13/h1-4H,(H2,12,13). The Hall–Kier alpha value is -0.970. The van der Waals surface area contributed by atoms with Crippen molar-refractivity contribution in [2.24, 2.45) is 5.73 Å². The van der Waals surface area contributed by atoms with Gasteiger partial charge in [0.1, 0.15) is 0 Å². The third-order valence-electron chi connectivity index (χ3n) is 1.52. The minimum Gasteiger partial charge on any atom is -0.364 e. The summed E-state index contributed by atoms with van der Waals surface area (Å²) in [4.78, 5) is 10.4. The van der Waals surface area contributed by atoms with Crippen LogP contribution in [0.5, 0.6) is 0 Å². The number of primary amides is 1. The molecule has 5 heteroatoms. The molecule has 0 spiro atoms. The van der Waals surface area contributed by atoms with Gasteiger partial charge in [-0.3, -0.25) is 4.79 Å². The van der Waals surface area contributed by atoms with Crippen molar-refractivity contribution in [2.75, 3.05) is 0 Å². The molecular weight excluding hydrogens is 244 g/mol. The lowest BCUT2D eigenvalue weighted by atomic mass is 10.1. The fourth-order valence-electron chi connectivity index (χ4n) is 0.849. The number of hydrogen-bond donors (Lipinski definition) is 1. The summed E-state index contributed by atoms with van der Waals surface area (Å²) in [5, 5.41) is 0. The first-order valence-electron chi connectivity index (χ1n) is 3.39. The summed E-state index contributed by atoms with van der Waals surface area (Å²) < 4.78 is 26.2. The molecule has 1 amide bonds. The van der Waals surface area contributed by atoms with Crippen molar-refractivity contribution in [3.05, 3.63) is 34.3 Å². The van der Waals surface area contributed by atoms with E-state index in [9.17, 15) is 13.6 Å². The van der Waals surface area contributed by atoms with Crippen LogP contribution >= 0.6 is 15.9 Å². The molecule has 2 N–H and O–H groups in total. The predicted molar refractivity (Wildman–Crippen MR) is 47.2 cm³/mol. The summed E-state index contributed by atoms with van der Waals surface area (Å²) >= 11 is 2.91. The summed E-state index contributed by atoms with van der Waals surface area (Å²) in [5.41, 5.74) is 4.15. The third kappa shape index (κ3) is 1.85.